The molecule has 0 spiro atoms. The lowest BCUT2D eigenvalue weighted by Crippen LogP contribution is -2.28. The third-order valence-corrected chi connectivity index (χ3v) is 6.15. The summed E-state index contributed by atoms with van der Waals surface area (Å²) in [6, 6.07) is 0.692. The molecule has 1 atom stereocenters. The molecule has 3 N–H and O–H groups in total. The van der Waals surface area contributed by atoms with Crippen molar-refractivity contribution >= 4 is 68.1 Å². The number of rotatable bonds is 8. The van der Waals surface area contributed by atoms with Crippen LogP contribution in [0.4, 0.5) is 11.5 Å². The van der Waals surface area contributed by atoms with Gasteiger partial charge in [-0.25, -0.2) is 14.8 Å². The average Bonchev–Trinajstić information content (AvgIpc) is 3.20. The zero-order valence-corrected chi connectivity index (χ0v) is 19.0. The van der Waals surface area contributed by atoms with E-state index in [9.17, 15) is 14.7 Å². The lowest BCUT2D eigenvalue weighted by Gasteiger charge is -2.15. The third kappa shape index (κ3) is 4.46. The number of benzene rings is 1. The van der Waals surface area contributed by atoms with Gasteiger partial charge in [-0.2, -0.15) is 0 Å². The molecule has 0 saturated heterocycles. The summed E-state index contributed by atoms with van der Waals surface area (Å²) < 4.78 is 11.0. The predicted octanol–water partition coefficient (Wildman–Crippen LogP) is 4.54. The number of amides is 1. The zero-order chi connectivity index (χ0) is 22.7. The Balaban J connectivity index is 1.98. The molecule has 2 aromatic heterocycles. The zero-order valence-electron chi connectivity index (χ0n) is 16.7. The minimum Gasteiger partial charge on any atom is -0.495 e. The molecule has 0 fully saturated rings. The van der Waals surface area contributed by atoms with Gasteiger partial charge >= 0.3 is 5.97 Å². The van der Waals surface area contributed by atoms with Gasteiger partial charge in [0.1, 0.15) is 39.7 Å². The van der Waals surface area contributed by atoms with Crippen LogP contribution in [0.15, 0.2) is 17.8 Å². The number of nitrogens with zero attached hydrogens (tertiary/aromatic N) is 2. The Bertz CT molecular complexity index is 1130. The fraction of sp³-hybridized carbons (Fsp3) is 0.263. The SMILES string of the molecule is CCC(Nc1ncnc2c(C(=O)Nc3c(Cl)c(OC)cc(OC)c3Cl)csc12)C(=O)O. The largest absolute Gasteiger partial charge is 0.495 e. The molecule has 164 valence electrons. The number of hydrogen-bond donors (Lipinski definition) is 3. The monoisotopic (exact) mass is 484 g/mol. The van der Waals surface area contributed by atoms with E-state index in [0.717, 1.165) is 0 Å². The van der Waals surface area contributed by atoms with Crippen molar-refractivity contribution in [1.29, 1.82) is 0 Å². The highest BCUT2D eigenvalue weighted by Crippen LogP contribution is 2.44. The fourth-order valence-electron chi connectivity index (χ4n) is 2.79. The number of ether oxygens (including phenoxy) is 2. The van der Waals surface area contributed by atoms with Crippen LogP contribution in [0.5, 0.6) is 11.5 Å². The maximum Gasteiger partial charge on any atom is 0.326 e. The van der Waals surface area contributed by atoms with E-state index in [1.54, 1.807) is 12.3 Å². The first-order valence-electron chi connectivity index (χ1n) is 8.95. The highest BCUT2D eigenvalue weighted by Gasteiger charge is 2.23. The Morgan fingerprint density at radius 2 is 1.84 bits per heavy atom. The Labute approximate surface area is 191 Å². The van der Waals surface area contributed by atoms with Gasteiger partial charge in [0.2, 0.25) is 0 Å². The van der Waals surface area contributed by atoms with Crippen LogP contribution in [0.3, 0.4) is 0 Å². The topological polar surface area (TPSA) is 123 Å². The number of fused-ring (bicyclic) bond motifs is 1. The van der Waals surface area contributed by atoms with Gasteiger partial charge in [-0.15, -0.1) is 11.3 Å². The number of hydrogen-bond acceptors (Lipinski definition) is 8. The number of anilines is 2. The summed E-state index contributed by atoms with van der Waals surface area (Å²) >= 11 is 13.9. The molecule has 1 amide bonds. The van der Waals surface area contributed by atoms with Crippen LogP contribution in [0.1, 0.15) is 23.7 Å². The fourth-order valence-corrected chi connectivity index (χ4v) is 4.34. The van der Waals surface area contributed by atoms with Gasteiger partial charge < -0.3 is 25.2 Å². The number of methoxy groups -OCH3 is 2. The Kier molecular flexibility index (Phi) is 7.04. The van der Waals surface area contributed by atoms with Crippen molar-refractivity contribution in [2.75, 3.05) is 24.9 Å². The molecule has 3 rings (SSSR count). The minimum absolute atomic E-state index is 0.116. The van der Waals surface area contributed by atoms with Crippen LogP contribution in [0.25, 0.3) is 10.2 Å². The molecule has 3 aromatic rings. The van der Waals surface area contributed by atoms with Gasteiger partial charge in [0.15, 0.2) is 0 Å². The number of carbonyl (C=O) groups is 2. The van der Waals surface area contributed by atoms with Gasteiger partial charge in [-0.3, -0.25) is 4.79 Å². The second-order valence-electron chi connectivity index (χ2n) is 6.23. The van der Waals surface area contributed by atoms with Gasteiger partial charge in [0, 0.05) is 11.4 Å². The lowest BCUT2D eigenvalue weighted by molar-refractivity contribution is -0.137. The van der Waals surface area contributed by atoms with E-state index < -0.39 is 17.9 Å². The summed E-state index contributed by atoms with van der Waals surface area (Å²) in [5.41, 5.74) is 0.748. The first kappa shape index (κ1) is 22.9. The van der Waals surface area contributed by atoms with Crippen molar-refractivity contribution in [1.82, 2.24) is 9.97 Å². The number of nitrogens with one attached hydrogen (secondary N) is 2. The van der Waals surface area contributed by atoms with Crippen molar-refractivity contribution in [3.05, 3.63) is 33.4 Å². The number of carbonyl (C=O) groups excluding carboxylic acids is 1. The van der Waals surface area contributed by atoms with E-state index in [4.69, 9.17) is 32.7 Å². The summed E-state index contributed by atoms with van der Waals surface area (Å²) in [4.78, 5) is 32.7. The second-order valence-corrected chi connectivity index (χ2v) is 7.87. The smallest absolute Gasteiger partial charge is 0.326 e. The Hall–Kier alpha value is -2.82. The maximum atomic E-state index is 13.0. The number of aliphatic carboxylic acids is 1. The van der Waals surface area contributed by atoms with Crippen molar-refractivity contribution < 1.29 is 24.2 Å². The molecular weight excluding hydrogens is 467 g/mol. The summed E-state index contributed by atoms with van der Waals surface area (Å²) in [5.74, 6) is -0.620. The van der Waals surface area contributed by atoms with Crippen molar-refractivity contribution in [3.8, 4) is 11.5 Å². The molecule has 0 aliphatic carbocycles. The molecule has 0 bridgehead atoms. The van der Waals surface area contributed by atoms with Gasteiger partial charge in [-0.1, -0.05) is 30.1 Å². The van der Waals surface area contributed by atoms with Crippen LogP contribution in [-0.4, -0.2) is 47.2 Å². The third-order valence-electron chi connectivity index (χ3n) is 4.43. The van der Waals surface area contributed by atoms with Crippen molar-refractivity contribution in [2.45, 2.75) is 19.4 Å². The number of halogens is 2. The van der Waals surface area contributed by atoms with E-state index in [1.165, 1.54) is 38.0 Å². The molecule has 0 aliphatic rings. The van der Waals surface area contributed by atoms with Crippen LogP contribution < -0.4 is 20.1 Å². The lowest BCUT2D eigenvalue weighted by atomic mass is 10.2. The number of carboxylic acid groups (broad SMARTS) is 1. The molecule has 2 heterocycles. The van der Waals surface area contributed by atoms with Gasteiger partial charge in [-0.05, 0) is 6.42 Å². The highest BCUT2D eigenvalue weighted by atomic mass is 35.5. The summed E-state index contributed by atoms with van der Waals surface area (Å²) in [6.45, 7) is 1.74. The molecule has 9 nitrogen and oxygen atoms in total. The summed E-state index contributed by atoms with van der Waals surface area (Å²) in [7, 11) is 2.86. The van der Waals surface area contributed by atoms with Crippen LogP contribution in [0, 0.1) is 0 Å². The Morgan fingerprint density at radius 1 is 1.19 bits per heavy atom. The number of aromatic nitrogens is 2. The number of thiophene rings is 1. The molecule has 0 radical (unpaired) electrons. The Morgan fingerprint density at radius 3 is 2.39 bits per heavy atom. The normalized spacial score (nSPS) is 11.8. The predicted molar refractivity (Wildman–Crippen MR) is 120 cm³/mol. The quantitative estimate of drug-likeness (QED) is 0.425. The molecule has 31 heavy (non-hydrogen) atoms. The van der Waals surface area contributed by atoms with Crippen LogP contribution in [-0.2, 0) is 4.79 Å². The second kappa shape index (κ2) is 9.54. The van der Waals surface area contributed by atoms with E-state index in [0.29, 0.717) is 22.5 Å². The van der Waals surface area contributed by atoms with E-state index in [2.05, 4.69) is 20.6 Å². The minimum atomic E-state index is -1.000. The van der Waals surface area contributed by atoms with E-state index in [1.807, 2.05) is 0 Å². The first-order valence-corrected chi connectivity index (χ1v) is 10.6. The van der Waals surface area contributed by atoms with Gasteiger partial charge in [0.05, 0.1) is 35.7 Å². The van der Waals surface area contributed by atoms with E-state index in [-0.39, 0.29) is 32.8 Å². The molecule has 0 saturated carbocycles. The van der Waals surface area contributed by atoms with Crippen LogP contribution in [0.2, 0.25) is 10.0 Å². The standard InChI is InChI=1S/C19H18Cl2N4O5S/c1-4-9(19(27)28)24-17-16-14(22-7-23-17)8(6-31-16)18(26)25-15-12(20)10(29-2)5-11(30-3)13(15)21/h5-7,9H,4H2,1-3H3,(H,25,26)(H,27,28)(H,22,23,24). The first-order chi connectivity index (χ1) is 14.8. The molecule has 1 unspecified atom stereocenters. The maximum absolute atomic E-state index is 13.0. The van der Waals surface area contributed by atoms with Crippen LogP contribution >= 0.6 is 34.5 Å². The van der Waals surface area contributed by atoms with E-state index >= 15 is 0 Å². The summed E-state index contributed by atoms with van der Waals surface area (Å²) in [5, 5.41) is 16.7. The highest BCUT2D eigenvalue weighted by molar-refractivity contribution is 7.18. The van der Waals surface area contributed by atoms with Crippen molar-refractivity contribution in [3.63, 3.8) is 0 Å². The molecular formula is C19H18Cl2N4O5S. The molecule has 12 heteroatoms. The van der Waals surface area contributed by atoms with Gasteiger partial charge in [0.25, 0.3) is 5.91 Å². The molecule has 1 aromatic carbocycles. The average molecular weight is 485 g/mol. The number of carboxylic acids is 1. The molecule has 0 aliphatic heterocycles. The van der Waals surface area contributed by atoms with Crippen molar-refractivity contribution in [2.24, 2.45) is 0 Å². The summed E-state index contributed by atoms with van der Waals surface area (Å²) in [6.07, 6.45) is 1.62.